The molecule has 2 aromatic carbocycles. The maximum absolute atomic E-state index is 12.2. The van der Waals surface area contributed by atoms with E-state index in [1.807, 2.05) is 43.3 Å². The van der Waals surface area contributed by atoms with Gasteiger partial charge in [-0.05, 0) is 36.3 Å². The van der Waals surface area contributed by atoms with Crippen LogP contribution in [-0.4, -0.2) is 11.0 Å². The summed E-state index contributed by atoms with van der Waals surface area (Å²) < 4.78 is 0. The highest BCUT2D eigenvalue weighted by atomic mass is 16.3. The van der Waals surface area contributed by atoms with Crippen LogP contribution < -0.4 is 5.32 Å². The van der Waals surface area contributed by atoms with E-state index in [0.29, 0.717) is 5.56 Å². The number of phenolic OH excluding ortho intramolecular Hbond substituents is 1. The first-order chi connectivity index (χ1) is 10.6. The lowest BCUT2D eigenvalue weighted by atomic mass is 10.1. The van der Waals surface area contributed by atoms with Crippen molar-refractivity contribution in [1.82, 2.24) is 5.32 Å². The standard InChI is InChI=1S/C18H16N2O2/c1-13(15-5-3-2-4-6-15)20-18(22)16(12-19)11-14-7-9-17(21)10-8-14/h2-11,13,21H,1H3,(H,20,22). The van der Waals surface area contributed by atoms with Crippen LogP contribution in [0.5, 0.6) is 5.75 Å². The largest absolute Gasteiger partial charge is 0.508 e. The molecule has 110 valence electrons. The number of benzene rings is 2. The molecule has 0 spiro atoms. The molecule has 0 saturated heterocycles. The fraction of sp³-hybridized carbons (Fsp3) is 0.111. The lowest BCUT2D eigenvalue weighted by Gasteiger charge is -2.13. The van der Waals surface area contributed by atoms with Crippen LogP contribution in [0.3, 0.4) is 0 Å². The molecule has 1 amide bonds. The van der Waals surface area contributed by atoms with Gasteiger partial charge in [-0.15, -0.1) is 0 Å². The molecule has 0 aromatic heterocycles. The van der Waals surface area contributed by atoms with Gasteiger partial charge in [0.25, 0.3) is 5.91 Å². The molecule has 0 aliphatic carbocycles. The number of phenols is 1. The Morgan fingerprint density at radius 3 is 2.41 bits per heavy atom. The molecule has 2 rings (SSSR count). The number of nitrogens with one attached hydrogen (secondary N) is 1. The second-order valence-electron chi connectivity index (χ2n) is 4.87. The number of carbonyl (C=O) groups excluding carboxylic acids is 1. The Kier molecular flexibility index (Phi) is 4.94. The zero-order chi connectivity index (χ0) is 15.9. The highest BCUT2D eigenvalue weighted by Gasteiger charge is 2.13. The van der Waals surface area contributed by atoms with Crippen LogP contribution in [0.4, 0.5) is 0 Å². The number of rotatable bonds is 4. The molecule has 4 heteroatoms. The van der Waals surface area contributed by atoms with Gasteiger partial charge >= 0.3 is 0 Å². The SMILES string of the molecule is CC(NC(=O)C(C#N)=Cc1ccc(O)cc1)c1ccccc1. The van der Waals surface area contributed by atoms with Crippen molar-refractivity contribution >= 4 is 12.0 Å². The Labute approximate surface area is 129 Å². The number of hydrogen-bond donors (Lipinski definition) is 2. The molecule has 0 aliphatic rings. The van der Waals surface area contributed by atoms with Crippen LogP contribution in [0.1, 0.15) is 24.1 Å². The van der Waals surface area contributed by atoms with Gasteiger partial charge in [0, 0.05) is 0 Å². The van der Waals surface area contributed by atoms with E-state index in [4.69, 9.17) is 5.26 Å². The average molecular weight is 292 g/mol. The van der Waals surface area contributed by atoms with E-state index in [1.165, 1.54) is 18.2 Å². The van der Waals surface area contributed by atoms with Crippen molar-refractivity contribution in [3.63, 3.8) is 0 Å². The van der Waals surface area contributed by atoms with Crippen LogP contribution in [0, 0.1) is 11.3 Å². The predicted molar refractivity (Wildman–Crippen MR) is 84.7 cm³/mol. The zero-order valence-corrected chi connectivity index (χ0v) is 12.2. The van der Waals surface area contributed by atoms with E-state index in [-0.39, 0.29) is 17.4 Å². The summed E-state index contributed by atoms with van der Waals surface area (Å²) in [6, 6.07) is 17.5. The molecular weight excluding hydrogens is 276 g/mol. The molecule has 1 atom stereocenters. The Bertz CT molecular complexity index is 713. The molecule has 0 heterocycles. The van der Waals surface area contributed by atoms with E-state index >= 15 is 0 Å². The summed E-state index contributed by atoms with van der Waals surface area (Å²) in [5, 5.41) is 21.2. The third-order valence-electron chi connectivity index (χ3n) is 3.22. The summed E-state index contributed by atoms with van der Waals surface area (Å²) in [5.74, 6) is -0.287. The molecule has 0 fully saturated rings. The summed E-state index contributed by atoms with van der Waals surface area (Å²) in [6.45, 7) is 1.86. The lowest BCUT2D eigenvalue weighted by Crippen LogP contribution is -2.27. The van der Waals surface area contributed by atoms with Crippen LogP contribution in [0.25, 0.3) is 6.08 Å². The average Bonchev–Trinajstić information content (AvgIpc) is 2.55. The van der Waals surface area contributed by atoms with Crippen molar-refractivity contribution in [3.8, 4) is 11.8 Å². The minimum atomic E-state index is -0.424. The Hall–Kier alpha value is -3.06. The number of amides is 1. The van der Waals surface area contributed by atoms with Crippen LogP contribution in [-0.2, 0) is 4.79 Å². The molecule has 2 N–H and O–H groups in total. The minimum absolute atomic E-state index is 0.0217. The number of carbonyl (C=O) groups is 1. The summed E-state index contributed by atoms with van der Waals surface area (Å²) in [7, 11) is 0. The van der Waals surface area contributed by atoms with Crippen LogP contribution >= 0.6 is 0 Å². The Balaban J connectivity index is 2.12. The number of hydrogen-bond acceptors (Lipinski definition) is 3. The van der Waals surface area contributed by atoms with E-state index in [9.17, 15) is 9.90 Å². The molecule has 1 unspecified atom stereocenters. The predicted octanol–water partition coefficient (Wildman–Crippen LogP) is 3.18. The third-order valence-corrected chi connectivity index (χ3v) is 3.22. The van der Waals surface area contributed by atoms with Crippen molar-refractivity contribution in [2.45, 2.75) is 13.0 Å². The van der Waals surface area contributed by atoms with Crippen molar-refractivity contribution in [1.29, 1.82) is 5.26 Å². The third kappa shape index (κ3) is 3.97. The van der Waals surface area contributed by atoms with Crippen molar-refractivity contribution in [2.24, 2.45) is 0 Å². The highest BCUT2D eigenvalue weighted by Crippen LogP contribution is 2.15. The molecule has 0 bridgehead atoms. The molecule has 0 radical (unpaired) electrons. The van der Waals surface area contributed by atoms with Gasteiger partial charge in [-0.2, -0.15) is 5.26 Å². The van der Waals surface area contributed by atoms with E-state index in [2.05, 4.69) is 5.32 Å². The first-order valence-corrected chi connectivity index (χ1v) is 6.87. The van der Waals surface area contributed by atoms with Gasteiger partial charge in [0.05, 0.1) is 6.04 Å². The van der Waals surface area contributed by atoms with Crippen molar-refractivity contribution in [3.05, 3.63) is 71.3 Å². The monoisotopic (exact) mass is 292 g/mol. The first kappa shape index (κ1) is 15.3. The number of nitrogens with zero attached hydrogens (tertiary/aromatic N) is 1. The van der Waals surface area contributed by atoms with Crippen molar-refractivity contribution < 1.29 is 9.90 Å². The maximum Gasteiger partial charge on any atom is 0.262 e. The summed E-state index contributed by atoms with van der Waals surface area (Å²) >= 11 is 0. The smallest absolute Gasteiger partial charge is 0.262 e. The fourth-order valence-electron chi connectivity index (χ4n) is 1.99. The van der Waals surface area contributed by atoms with E-state index in [1.54, 1.807) is 12.1 Å². The highest BCUT2D eigenvalue weighted by molar-refractivity contribution is 6.01. The summed E-state index contributed by atoms with van der Waals surface area (Å²) in [6.07, 6.45) is 1.49. The first-order valence-electron chi connectivity index (χ1n) is 6.87. The molecule has 4 nitrogen and oxygen atoms in total. The normalized spacial score (nSPS) is 12.3. The van der Waals surface area contributed by atoms with Gasteiger partial charge in [0.15, 0.2) is 0 Å². The second-order valence-corrected chi connectivity index (χ2v) is 4.87. The van der Waals surface area contributed by atoms with Gasteiger partial charge in [-0.1, -0.05) is 42.5 Å². The van der Waals surface area contributed by atoms with Crippen LogP contribution in [0.15, 0.2) is 60.2 Å². The topological polar surface area (TPSA) is 73.1 Å². The van der Waals surface area contributed by atoms with E-state index < -0.39 is 5.91 Å². The molecule has 0 saturated carbocycles. The van der Waals surface area contributed by atoms with Gasteiger partial charge in [-0.3, -0.25) is 4.79 Å². The Morgan fingerprint density at radius 1 is 1.18 bits per heavy atom. The van der Waals surface area contributed by atoms with Gasteiger partial charge in [0.2, 0.25) is 0 Å². The Morgan fingerprint density at radius 2 is 1.82 bits per heavy atom. The zero-order valence-electron chi connectivity index (χ0n) is 12.2. The molecular formula is C18H16N2O2. The summed E-state index contributed by atoms with van der Waals surface area (Å²) in [5.41, 5.74) is 1.67. The summed E-state index contributed by atoms with van der Waals surface area (Å²) in [4.78, 5) is 12.2. The maximum atomic E-state index is 12.2. The number of aromatic hydroxyl groups is 1. The quantitative estimate of drug-likeness (QED) is 0.671. The second kappa shape index (κ2) is 7.09. The fourth-order valence-corrected chi connectivity index (χ4v) is 1.99. The molecule has 2 aromatic rings. The van der Waals surface area contributed by atoms with Gasteiger partial charge in [0.1, 0.15) is 17.4 Å². The molecule has 22 heavy (non-hydrogen) atoms. The van der Waals surface area contributed by atoms with E-state index in [0.717, 1.165) is 5.56 Å². The molecule has 0 aliphatic heterocycles. The van der Waals surface area contributed by atoms with Crippen LogP contribution in [0.2, 0.25) is 0 Å². The van der Waals surface area contributed by atoms with Gasteiger partial charge in [-0.25, -0.2) is 0 Å². The minimum Gasteiger partial charge on any atom is -0.508 e. The van der Waals surface area contributed by atoms with Crippen molar-refractivity contribution in [2.75, 3.05) is 0 Å². The van der Waals surface area contributed by atoms with Gasteiger partial charge < -0.3 is 10.4 Å². The number of nitriles is 1. The lowest BCUT2D eigenvalue weighted by molar-refractivity contribution is -0.117.